The van der Waals surface area contributed by atoms with Crippen molar-refractivity contribution in [1.82, 2.24) is 4.98 Å². The maximum absolute atomic E-state index is 12.2. The molecule has 0 spiro atoms. The zero-order valence-electron chi connectivity index (χ0n) is 12.7. The van der Waals surface area contributed by atoms with Crippen molar-refractivity contribution in [2.45, 2.75) is 26.2 Å². The van der Waals surface area contributed by atoms with Crippen molar-refractivity contribution in [3.63, 3.8) is 0 Å². The highest BCUT2D eigenvalue weighted by atomic mass is 16.3. The van der Waals surface area contributed by atoms with Crippen molar-refractivity contribution >= 4 is 22.6 Å². The summed E-state index contributed by atoms with van der Waals surface area (Å²) in [6, 6.07) is 9.74. The Balaban J connectivity index is 1.81. The molecule has 4 nitrogen and oxygen atoms in total. The monoisotopic (exact) mass is 294 g/mol. The molecular weight excluding hydrogens is 276 g/mol. The Kier molecular flexibility index (Phi) is 3.92. The van der Waals surface area contributed by atoms with Gasteiger partial charge in [-0.25, -0.2) is 0 Å². The molecule has 4 heteroatoms. The molecule has 0 aliphatic rings. The summed E-state index contributed by atoms with van der Waals surface area (Å²) in [6.45, 7) is 4.30. The zero-order valence-corrected chi connectivity index (χ0v) is 12.7. The summed E-state index contributed by atoms with van der Waals surface area (Å²) in [5.74, 6) is 0.363. The van der Waals surface area contributed by atoms with Gasteiger partial charge in [-0.05, 0) is 35.7 Å². The highest BCUT2D eigenvalue weighted by molar-refractivity contribution is 5.95. The molecule has 0 fully saturated rings. The number of carbonyl (C=O) groups is 1. The second kappa shape index (κ2) is 6.02. The molecule has 0 bridgehead atoms. The van der Waals surface area contributed by atoms with Gasteiger partial charge < -0.3 is 9.73 Å². The molecular formula is C18H18N2O2. The van der Waals surface area contributed by atoms with E-state index in [-0.39, 0.29) is 12.3 Å². The van der Waals surface area contributed by atoms with Crippen LogP contribution in [0.3, 0.4) is 0 Å². The van der Waals surface area contributed by atoms with Crippen LogP contribution < -0.4 is 5.32 Å². The molecule has 0 aliphatic heterocycles. The van der Waals surface area contributed by atoms with E-state index in [0.717, 1.165) is 16.5 Å². The van der Waals surface area contributed by atoms with Gasteiger partial charge in [-0.3, -0.25) is 9.78 Å². The van der Waals surface area contributed by atoms with Gasteiger partial charge in [0.2, 0.25) is 5.91 Å². The third-order valence-corrected chi connectivity index (χ3v) is 3.64. The predicted octanol–water partition coefficient (Wildman–Crippen LogP) is 4.13. The van der Waals surface area contributed by atoms with Gasteiger partial charge in [-0.2, -0.15) is 0 Å². The molecule has 1 amide bonds. The Bertz CT molecular complexity index is 791. The van der Waals surface area contributed by atoms with Gasteiger partial charge >= 0.3 is 0 Å². The SMILES string of the molecule is CC(C)c1ccc2occ(CC(=O)Nc3cccnc3)c2c1. The van der Waals surface area contributed by atoms with Crippen LogP contribution in [0.2, 0.25) is 0 Å². The first kappa shape index (κ1) is 14.3. The lowest BCUT2D eigenvalue weighted by Gasteiger charge is -2.06. The van der Waals surface area contributed by atoms with Crippen LogP contribution in [0.5, 0.6) is 0 Å². The van der Waals surface area contributed by atoms with E-state index in [4.69, 9.17) is 4.42 Å². The van der Waals surface area contributed by atoms with Crippen molar-refractivity contribution < 1.29 is 9.21 Å². The topological polar surface area (TPSA) is 55.1 Å². The first-order chi connectivity index (χ1) is 10.6. The van der Waals surface area contributed by atoms with Gasteiger partial charge in [0, 0.05) is 17.1 Å². The van der Waals surface area contributed by atoms with Gasteiger partial charge in [0.15, 0.2) is 0 Å². The van der Waals surface area contributed by atoms with Crippen molar-refractivity contribution in [2.24, 2.45) is 0 Å². The second-order valence-corrected chi connectivity index (χ2v) is 5.64. The zero-order chi connectivity index (χ0) is 15.5. The summed E-state index contributed by atoms with van der Waals surface area (Å²) in [7, 11) is 0. The van der Waals surface area contributed by atoms with Crippen LogP contribution in [0.25, 0.3) is 11.0 Å². The third kappa shape index (κ3) is 3.01. The van der Waals surface area contributed by atoms with Gasteiger partial charge in [-0.15, -0.1) is 0 Å². The molecule has 3 rings (SSSR count). The fraction of sp³-hybridized carbons (Fsp3) is 0.222. The van der Waals surface area contributed by atoms with E-state index < -0.39 is 0 Å². The van der Waals surface area contributed by atoms with Crippen LogP contribution in [-0.4, -0.2) is 10.9 Å². The lowest BCUT2D eigenvalue weighted by Crippen LogP contribution is -2.14. The van der Waals surface area contributed by atoms with E-state index in [2.05, 4.69) is 36.3 Å². The molecule has 112 valence electrons. The van der Waals surface area contributed by atoms with E-state index in [1.165, 1.54) is 5.56 Å². The summed E-state index contributed by atoms with van der Waals surface area (Å²) in [5, 5.41) is 3.85. The molecule has 2 aromatic heterocycles. The Hall–Kier alpha value is -2.62. The van der Waals surface area contributed by atoms with Gasteiger partial charge in [0.1, 0.15) is 5.58 Å². The van der Waals surface area contributed by atoms with Crippen molar-refractivity contribution in [2.75, 3.05) is 5.32 Å². The van der Waals surface area contributed by atoms with Crippen LogP contribution in [0, 0.1) is 0 Å². The first-order valence-corrected chi connectivity index (χ1v) is 7.33. The van der Waals surface area contributed by atoms with Gasteiger partial charge in [0.05, 0.1) is 24.6 Å². The molecule has 0 radical (unpaired) electrons. The number of nitrogens with one attached hydrogen (secondary N) is 1. The number of pyridine rings is 1. The molecule has 3 aromatic rings. The Labute approximate surface area is 129 Å². The number of rotatable bonds is 4. The molecule has 2 heterocycles. The number of hydrogen-bond acceptors (Lipinski definition) is 3. The molecule has 0 unspecified atom stereocenters. The Morgan fingerprint density at radius 3 is 2.91 bits per heavy atom. The number of nitrogens with zero attached hydrogens (tertiary/aromatic N) is 1. The van der Waals surface area contributed by atoms with Crippen LogP contribution in [0.15, 0.2) is 53.4 Å². The first-order valence-electron chi connectivity index (χ1n) is 7.33. The Morgan fingerprint density at radius 2 is 2.18 bits per heavy atom. The van der Waals surface area contributed by atoms with Crippen LogP contribution in [0.4, 0.5) is 5.69 Å². The maximum Gasteiger partial charge on any atom is 0.228 e. The van der Waals surface area contributed by atoms with E-state index in [1.54, 1.807) is 24.7 Å². The highest BCUT2D eigenvalue weighted by Gasteiger charge is 2.12. The number of hydrogen-bond donors (Lipinski definition) is 1. The standard InChI is InChI=1S/C18H18N2O2/c1-12(2)13-5-6-17-16(8-13)14(11-22-17)9-18(21)20-15-4-3-7-19-10-15/h3-8,10-12H,9H2,1-2H3,(H,20,21). The normalized spacial score (nSPS) is 11.0. The van der Waals surface area contributed by atoms with Gasteiger partial charge in [0.25, 0.3) is 0 Å². The molecule has 0 saturated carbocycles. The molecule has 0 atom stereocenters. The minimum absolute atomic E-state index is 0.0781. The van der Waals surface area contributed by atoms with Crippen LogP contribution >= 0.6 is 0 Å². The van der Waals surface area contributed by atoms with Crippen LogP contribution in [0.1, 0.15) is 30.9 Å². The van der Waals surface area contributed by atoms with E-state index in [1.807, 2.05) is 12.1 Å². The average molecular weight is 294 g/mol. The summed E-state index contributed by atoms with van der Waals surface area (Å²) >= 11 is 0. The second-order valence-electron chi connectivity index (χ2n) is 5.64. The summed E-state index contributed by atoms with van der Waals surface area (Å²) in [4.78, 5) is 16.1. The molecule has 1 N–H and O–H groups in total. The fourth-order valence-electron chi connectivity index (χ4n) is 2.41. The highest BCUT2D eigenvalue weighted by Crippen LogP contribution is 2.26. The Morgan fingerprint density at radius 1 is 1.32 bits per heavy atom. The molecule has 1 aromatic carbocycles. The smallest absolute Gasteiger partial charge is 0.228 e. The van der Waals surface area contributed by atoms with Gasteiger partial charge in [-0.1, -0.05) is 19.9 Å². The number of anilines is 1. The van der Waals surface area contributed by atoms with E-state index in [0.29, 0.717) is 11.6 Å². The van der Waals surface area contributed by atoms with Crippen LogP contribution in [-0.2, 0) is 11.2 Å². The molecule has 0 aliphatic carbocycles. The number of amides is 1. The van der Waals surface area contributed by atoms with E-state index >= 15 is 0 Å². The third-order valence-electron chi connectivity index (χ3n) is 3.64. The number of benzene rings is 1. The van der Waals surface area contributed by atoms with E-state index in [9.17, 15) is 4.79 Å². The largest absolute Gasteiger partial charge is 0.464 e. The number of fused-ring (bicyclic) bond motifs is 1. The van der Waals surface area contributed by atoms with Crippen molar-refractivity contribution in [3.8, 4) is 0 Å². The summed E-state index contributed by atoms with van der Waals surface area (Å²) in [5.41, 5.74) is 3.65. The quantitative estimate of drug-likeness (QED) is 0.787. The molecule has 0 saturated heterocycles. The number of furan rings is 1. The maximum atomic E-state index is 12.2. The minimum atomic E-state index is -0.0781. The molecule has 22 heavy (non-hydrogen) atoms. The summed E-state index contributed by atoms with van der Waals surface area (Å²) in [6.07, 6.45) is 5.25. The number of carbonyl (C=O) groups excluding carboxylic acids is 1. The lowest BCUT2D eigenvalue weighted by atomic mass is 10.00. The number of aromatic nitrogens is 1. The van der Waals surface area contributed by atoms with Crippen molar-refractivity contribution in [3.05, 3.63) is 60.1 Å². The lowest BCUT2D eigenvalue weighted by molar-refractivity contribution is -0.115. The minimum Gasteiger partial charge on any atom is -0.464 e. The fourth-order valence-corrected chi connectivity index (χ4v) is 2.41. The predicted molar refractivity (Wildman–Crippen MR) is 86.9 cm³/mol. The summed E-state index contributed by atoms with van der Waals surface area (Å²) < 4.78 is 5.54. The van der Waals surface area contributed by atoms with Crippen molar-refractivity contribution in [1.29, 1.82) is 0 Å². The average Bonchev–Trinajstić information content (AvgIpc) is 2.90.